The third-order valence-corrected chi connectivity index (χ3v) is 4.45. The fourth-order valence-corrected chi connectivity index (χ4v) is 3.27. The Labute approximate surface area is 136 Å². The molecule has 132 valence electrons. The molecule has 2 fully saturated rings. The Bertz CT molecular complexity index is 371. The second kappa shape index (κ2) is 8.93. The lowest BCUT2D eigenvalue weighted by atomic mass is 9.92. The summed E-state index contributed by atoms with van der Waals surface area (Å²) in [5.41, 5.74) is 11.7. The van der Waals surface area contributed by atoms with Crippen molar-refractivity contribution in [1.29, 1.82) is 0 Å². The molecule has 23 heavy (non-hydrogen) atoms. The largest absolute Gasteiger partial charge is 0.412 e. The van der Waals surface area contributed by atoms with Crippen molar-refractivity contribution in [3.8, 4) is 0 Å². The molecule has 2 rings (SSSR count). The lowest BCUT2D eigenvalue weighted by Crippen LogP contribution is -2.43. The molecule has 0 heterocycles. The normalized spacial score (nSPS) is 31.0. The Balaban J connectivity index is 1.56. The minimum Gasteiger partial charge on any atom is -0.412 e. The molecule has 8 heteroatoms. The highest BCUT2D eigenvalue weighted by atomic mass is 16.7. The lowest BCUT2D eigenvalue weighted by molar-refractivity contribution is 0.0207. The maximum atomic E-state index is 11.6. The number of nitrogens with one attached hydrogen (secondary N) is 2. The zero-order valence-electron chi connectivity index (χ0n) is 13.5. The van der Waals surface area contributed by atoms with E-state index >= 15 is 0 Å². The summed E-state index contributed by atoms with van der Waals surface area (Å²) < 4.78 is 9.72. The average molecular weight is 328 g/mol. The summed E-state index contributed by atoms with van der Waals surface area (Å²) in [6, 6.07) is 0.309. The molecule has 0 aliphatic heterocycles. The second-order valence-electron chi connectivity index (χ2n) is 6.52. The van der Waals surface area contributed by atoms with Crippen molar-refractivity contribution < 1.29 is 19.1 Å². The molecule has 0 aromatic carbocycles. The Morgan fingerprint density at radius 3 is 1.65 bits per heavy atom. The Morgan fingerprint density at radius 1 is 0.826 bits per heavy atom. The van der Waals surface area contributed by atoms with Crippen LogP contribution in [-0.2, 0) is 9.47 Å². The first kappa shape index (κ1) is 17.8. The van der Waals surface area contributed by atoms with Crippen LogP contribution in [0.15, 0.2) is 0 Å². The van der Waals surface area contributed by atoms with Crippen molar-refractivity contribution in [1.82, 2.24) is 10.6 Å². The van der Waals surface area contributed by atoms with E-state index in [2.05, 4.69) is 10.6 Å². The number of carbonyl (C=O) groups excluding carboxylic acids is 2. The third kappa shape index (κ3) is 6.62. The fourth-order valence-electron chi connectivity index (χ4n) is 3.27. The number of hydrogen-bond acceptors (Lipinski definition) is 6. The molecular formula is C15H28N4O4. The van der Waals surface area contributed by atoms with Gasteiger partial charge in [-0.1, -0.05) is 0 Å². The molecule has 0 spiro atoms. The van der Waals surface area contributed by atoms with Gasteiger partial charge in [0, 0.05) is 24.2 Å². The van der Waals surface area contributed by atoms with Gasteiger partial charge in [-0.3, -0.25) is 0 Å². The van der Waals surface area contributed by atoms with E-state index in [0.717, 1.165) is 51.4 Å². The van der Waals surface area contributed by atoms with Crippen LogP contribution in [-0.4, -0.2) is 43.1 Å². The molecular weight excluding hydrogens is 300 g/mol. The van der Waals surface area contributed by atoms with Gasteiger partial charge in [0.2, 0.25) is 6.79 Å². The first-order valence-corrected chi connectivity index (χ1v) is 8.40. The van der Waals surface area contributed by atoms with E-state index in [1.165, 1.54) is 0 Å². The van der Waals surface area contributed by atoms with Crippen LogP contribution < -0.4 is 22.1 Å². The van der Waals surface area contributed by atoms with Crippen molar-refractivity contribution in [3.63, 3.8) is 0 Å². The van der Waals surface area contributed by atoms with Crippen molar-refractivity contribution in [3.05, 3.63) is 0 Å². The van der Waals surface area contributed by atoms with Crippen LogP contribution in [0.1, 0.15) is 51.4 Å². The number of carbonyl (C=O) groups is 2. The van der Waals surface area contributed by atoms with E-state index in [1.807, 2.05) is 0 Å². The van der Waals surface area contributed by atoms with Gasteiger partial charge < -0.3 is 31.6 Å². The molecule has 2 aliphatic carbocycles. The van der Waals surface area contributed by atoms with Crippen LogP contribution in [0.5, 0.6) is 0 Å². The molecule has 2 amide bonds. The predicted octanol–water partition coefficient (Wildman–Crippen LogP) is 0.936. The van der Waals surface area contributed by atoms with E-state index in [0.29, 0.717) is 0 Å². The van der Waals surface area contributed by atoms with Gasteiger partial charge in [-0.25, -0.2) is 9.59 Å². The Morgan fingerprint density at radius 2 is 1.26 bits per heavy atom. The summed E-state index contributed by atoms with van der Waals surface area (Å²) in [6.07, 6.45) is 6.08. The molecule has 8 nitrogen and oxygen atoms in total. The smallest absolute Gasteiger partial charge is 0.410 e. The van der Waals surface area contributed by atoms with E-state index < -0.39 is 19.0 Å². The zero-order chi connectivity index (χ0) is 16.7. The molecule has 0 aromatic rings. The summed E-state index contributed by atoms with van der Waals surface area (Å²) in [7, 11) is 0. The highest BCUT2D eigenvalue weighted by molar-refractivity contribution is 5.69. The van der Waals surface area contributed by atoms with E-state index in [-0.39, 0.29) is 24.2 Å². The van der Waals surface area contributed by atoms with Gasteiger partial charge in [0.05, 0.1) is 0 Å². The summed E-state index contributed by atoms with van der Waals surface area (Å²) >= 11 is 0. The number of rotatable bonds is 4. The number of amides is 2. The van der Waals surface area contributed by atoms with Gasteiger partial charge in [0.25, 0.3) is 0 Å². The van der Waals surface area contributed by atoms with E-state index in [1.54, 1.807) is 0 Å². The highest BCUT2D eigenvalue weighted by Gasteiger charge is 2.22. The first-order valence-electron chi connectivity index (χ1n) is 8.40. The fraction of sp³-hybridized carbons (Fsp3) is 0.867. The maximum absolute atomic E-state index is 11.6. The maximum Gasteiger partial charge on any atom is 0.410 e. The quantitative estimate of drug-likeness (QED) is 0.568. The van der Waals surface area contributed by atoms with Gasteiger partial charge >= 0.3 is 12.2 Å². The van der Waals surface area contributed by atoms with Gasteiger partial charge in [0.1, 0.15) is 0 Å². The summed E-state index contributed by atoms with van der Waals surface area (Å²) in [4.78, 5) is 23.3. The molecule has 0 radical (unpaired) electrons. The van der Waals surface area contributed by atoms with Crippen LogP contribution in [0.2, 0.25) is 0 Å². The molecule has 0 bridgehead atoms. The molecule has 2 aliphatic rings. The zero-order valence-corrected chi connectivity index (χ0v) is 13.5. The minimum absolute atomic E-state index is 0.0313. The van der Waals surface area contributed by atoms with Gasteiger partial charge in [-0.2, -0.15) is 0 Å². The molecule has 0 aromatic heterocycles. The van der Waals surface area contributed by atoms with Gasteiger partial charge in [-0.05, 0) is 51.4 Å². The monoisotopic (exact) mass is 328 g/mol. The summed E-state index contributed by atoms with van der Waals surface area (Å²) in [5.74, 6) is 0. The minimum atomic E-state index is -0.586. The average Bonchev–Trinajstić information content (AvgIpc) is 2.47. The number of ether oxygens (including phenoxy) is 2. The second-order valence-corrected chi connectivity index (χ2v) is 6.52. The predicted molar refractivity (Wildman–Crippen MR) is 84.6 cm³/mol. The highest BCUT2D eigenvalue weighted by Crippen LogP contribution is 2.17. The van der Waals surface area contributed by atoms with Crippen molar-refractivity contribution in [2.75, 3.05) is 6.79 Å². The van der Waals surface area contributed by atoms with E-state index in [9.17, 15) is 9.59 Å². The van der Waals surface area contributed by atoms with Crippen molar-refractivity contribution in [2.24, 2.45) is 11.5 Å². The molecule has 4 atom stereocenters. The van der Waals surface area contributed by atoms with Crippen LogP contribution in [0.3, 0.4) is 0 Å². The Kier molecular flexibility index (Phi) is 6.91. The van der Waals surface area contributed by atoms with Gasteiger partial charge in [0.15, 0.2) is 0 Å². The topological polar surface area (TPSA) is 129 Å². The van der Waals surface area contributed by atoms with Crippen LogP contribution >= 0.6 is 0 Å². The molecule has 2 saturated carbocycles. The number of hydrogen-bond donors (Lipinski definition) is 4. The molecule has 6 N–H and O–H groups in total. The van der Waals surface area contributed by atoms with Crippen LogP contribution in [0.4, 0.5) is 9.59 Å². The third-order valence-electron chi connectivity index (χ3n) is 4.45. The van der Waals surface area contributed by atoms with Gasteiger partial charge in [-0.15, -0.1) is 0 Å². The molecule has 4 unspecified atom stereocenters. The number of nitrogens with two attached hydrogens (primary N) is 2. The lowest BCUT2D eigenvalue weighted by Gasteiger charge is -2.27. The first-order chi connectivity index (χ1) is 11.0. The summed E-state index contributed by atoms with van der Waals surface area (Å²) in [6.45, 7) is -0.408. The van der Waals surface area contributed by atoms with Crippen molar-refractivity contribution in [2.45, 2.75) is 75.5 Å². The standard InChI is InChI=1S/C15H28N4O4/c16-10-3-1-5-12(7-10)18-14(20)22-9-23-15(21)19-13-6-2-4-11(17)8-13/h10-13H,1-9,16-17H2,(H,18,20)(H,19,21). The van der Waals surface area contributed by atoms with Crippen LogP contribution in [0.25, 0.3) is 0 Å². The number of alkyl carbamates (subject to hydrolysis) is 2. The molecule has 0 saturated heterocycles. The SMILES string of the molecule is NC1CCCC(NC(=O)OCOC(=O)NC2CCCC(N)C2)C1. The van der Waals surface area contributed by atoms with E-state index in [4.69, 9.17) is 20.9 Å². The van der Waals surface area contributed by atoms with Crippen molar-refractivity contribution >= 4 is 12.2 Å². The summed E-state index contributed by atoms with van der Waals surface area (Å²) in [5, 5.41) is 5.48. The van der Waals surface area contributed by atoms with Crippen LogP contribution in [0, 0.1) is 0 Å². The Hall–Kier alpha value is -1.54.